The molecule has 5 heteroatoms. The molecular formula is C21H23FN2O2. The second-order valence-electron chi connectivity index (χ2n) is 7.06. The van der Waals surface area contributed by atoms with Crippen molar-refractivity contribution in [1.29, 1.82) is 0 Å². The molecule has 3 rings (SSSR count). The highest BCUT2D eigenvalue weighted by Gasteiger charge is 2.33. The monoisotopic (exact) mass is 354 g/mol. The van der Waals surface area contributed by atoms with Crippen LogP contribution in [0.25, 0.3) is 5.57 Å². The molecule has 1 saturated carbocycles. The SMILES string of the molecule is CC(C)=C(/C=C1/N=C(C(=O)O)C=C(C2CC2)N1C)c1cccc(C)c1F. The minimum atomic E-state index is -1.05. The lowest BCUT2D eigenvalue weighted by atomic mass is 9.98. The number of aliphatic imine (C=N–C) groups is 1. The van der Waals surface area contributed by atoms with Crippen molar-refractivity contribution in [2.24, 2.45) is 10.9 Å². The molecule has 1 fully saturated rings. The lowest BCUT2D eigenvalue weighted by Gasteiger charge is -2.27. The maximum atomic E-state index is 14.7. The van der Waals surface area contributed by atoms with Crippen molar-refractivity contribution in [3.63, 3.8) is 0 Å². The van der Waals surface area contributed by atoms with E-state index in [2.05, 4.69) is 4.99 Å². The smallest absolute Gasteiger partial charge is 0.354 e. The maximum Gasteiger partial charge on any atom is 0.354 e. The zero-order valence-corrected chi connectivity index (χ0v) is 15.5. The molecule has 1 heterocycles. The third-order valence-corrected chi connectivity index (χ3v) is 4.76. The molecule has 2 aliphatic rings. The molecule has 0 spiro atoms. The number of hydrogen-bond donors (Lipinski definition) is 1. The Morgan fingerprint density at radius 1 is 1.35 bits per heavy atom. The van der Waals surface area contributed by atoms with E-state index in [0.717, 1.165) is 29.7 Å². The molecule has 1 aliphatic carbocycles. The van der Waals surface area contributed by atoms with Gasteiger partial charge in [-0.3, -0.25) is 0 Å². The minimum absolute atomic E-state index is 0.0223. The van der Waals surface area contributed by atoms with Crippen LogP contribution in [0.5, 0.6) is 0 Å². The maximum absolute atomic E-state index is 14.7. The Balaban J connectivity index is 2.11. The molecular weight excluding hydrogens is 331 g/mol. The molecule has 1 aliphatic heterocycles. The van der Waals surface area contributed by atoms with Gasteiger partial charge in [-0.1, -0.05) is 23.8 Å². The molecule has 1 aromatic rings. The number of carbonyl (C=O) groups is 1. The number of halogens is 1. The van der Waals surface area contributed by atoms with Crippen LogP contribution in [-0.4, -0.2) is 28.7 Å². The number of aliphatic carboxylic acids is 1. The Labute approximate surface area is 153 Å². The van der Waals surface area contributed by atoms with Gasteiger partial charge in [-0.2, -0.15) is 0 Å². The normalized spacial score (nSPS) is 18.5. The van der Waals surface area contributed by atoms with E-state index in [4.69, 9.17) is 0 Å². The van der Waals surface area contributed by atoms with Gasteiger partial charge in [0, 0.05) is 18.3 Å². The first-order valence-electron chi connectivity index (χ1n) is 8.71. The summed E-state index contributed by atoms with van der Waals surface area (Å²) in [5, 5.41) is 9.41. The third kappa shape index (κ3) is 3.47. The van der Waals surface area contributed by atoms with Crippen LogP contribution in [0.3, 0.4) is 0 Å². The molecule has 0 atom stereocenters. The Bertz CT molecular complexity index is 885. The van der Waals surface area contributed by atoms with Crippen molar-refractivity contribution in [1.82, 2.24) is 4.90 Å². The molecule has 4 nitrogen and oxygen atoms in total. The van der Waals surface area contributed by atoms with E-state index >= 15 is 0 Å². The predicted molar refractivity (Wildman–Crippen MR) is 101 cm³/mol. The fraction of sp³-hybridized carbons (Fsp3) is 0.333. The summed E-state index contributed by atoms with van der Waals surface area (Å²) in [4.78, 5) is 17.7. The summed E-state index contributed by atoms with van der Waals surface area (Å²) in [6.45, 7) is 5.56. The summed E-state index contributed by atoms with van der Waals surface area (Å²) in [6.07, 6.45) is 5.54. The summed E-state index contributed by atoms with van der Waals surface area (Å²) >= 11 is 0. The van der Waals surface area contributed by atoms with Gasteiger partial charge in [-0.15, -0.1) is 0 Å². The van der Waals surface area contributed by atoms with Gasteiger partial charge in [0.15, 0.2) is 5.71 Å². The van der Waals surface area contributed by atoms with Crippen LogP contribution in [0, 0.1) is 18.7 Å². The summed E-state index contributed by atoms with van der Waals surface area (Å²) in [7, 11) is 1.88. The van der Waals surface area contributed by atoms with E-state index in [1.54, 1.807) is 31.2 Å². The van der Waals surface area contributed by atoms with E-state index in [1.807, 2.05) is 31.9 Å². The first kappa shape index (κ1) is 18.1. The first-order valence-corrected chi connectivity index (χ1v) is 8.71. The molecule has 0 saturated heterocycles. The highest BCUT2D eigenvalue weighted by atomic mass is 19.1. The van der Waals surface area contributed by atoms with Crippen LogP contribution in [0.1, 0.15) is 37.8 Å². The average molecular weight is 354 g/mol. The summed E-state index contributed by atoms with van der Waals surface area (Å²) < 4.78 is 14.7. The number of allylic oxidation sites excluding steroid dienone is 4. The fourth-order valence-electron chi connectivity index (χ4n) is 3.09. The van der Waals surface area contributed by atoms with Gasteiger partial charge >= 0.3 is 5.97 Å². The molecule has 0 bridgehead atoms. The largest absolute Gasteiger partial charge is 0.477 e. The highest BCUT2D eigenvalue weighted by Crippen LogP contribution is 2.41. The Morgan fingerprint density at radius 2 is 2.04 bits per heavy atom. The molecule has 0 amide bonds. The molecule has 136 valence electrons. The van der Waals surface area contributed by atoms with Crippen LogP contribution < -0.4 is 0 Å². The number of nitrogens with zero attached hydrogens (tertiary/aromatic N) is 2. The average Bonchev–Trinajstić information content (AvgIpc) is 3.41. The minimum Gasteiger partial charge on any atom is -0.477 e. The summed E-state index contributed by atoms with van der Waals surface area (Å²) in [5.74, 6) is -0.426. The highest BCUT2D eigenvalue weighted by molar-refractivity contribution is 6.41. The van der Waals surface area contributed by atoms with E-state index in [0.29, 0.717) is 22.9 Å². The standard InChI is InChI=1S/C21H23FN2O2/c1-12(2)16(15-7-5-6-13(3)20(15)22)10-19-23-17(21(25)26)11-18(24(19)4)14-8-9-14/h5-7,10-11,14H,8-9H2,1-4H3,(H,25,26)/b19-10-. The molecule has 0 aromatic heterocycles. The van der Waals surface area contributed by atoms with Crippen molar-refractivity contribution >= 4 is 17.3 Å². The van der Waals surface area contributed by atoms with Gasteiger partial charge < -0.3 is 10.0 Å². The second-order valence-corrected chi connectivity index (χ2v) is 7.06. The van der Waals surface area contributed by atoms with Gasteiger partial charge in [-0.25, -0.2) is 14.2 Å². The van der Waals surface area contributed by atoms with E-state index in [1.165, 1.54) is 0 Å². The van der Waals surface area contributed by atoms with Crippen molar-refractivity contribution < 1.29 is 14.3 Å². The zero-order valence-electron chi connectivity index (χ0n) is 15.5. The Kier molecular flexibility index (Phi) is 4.81. The van der Waals surface area contributed by atoms with Gasteiger partial charge in [-0.05, 0) is 62.8 Å². The zero-order chi connectivity index (χ0) is 19.0. The van der Waals surface area contributed by atoms with Gasteiger partial charge in [0.2, 0.25) is 0 Å². The van der Waals surface area contributed by atoms with Crippen molar-refractivity contribution in [3.8, 4) is 0 Å². The topological polar surface area (TPSA) is 52.9 Å². The van der Waals surface area contributed by atoms with Crippen LogP contribution >= 0.6 is 0 Å². The number of hydrogen-bond acceptors (Lipinski definition) is 3. The predicted octanol–water partition coefficient (Wildman–Crippen LogP) is 4.53. The Morgan fingerprint density at radius 3 is 2.62 bits per heavy atom. The number of rotatable bonds is 4. The van der Waals surface area contributed by atoms with Crippen LogP contribution in [0.4, 0.5) is 4.39 Å². The van der Waals surface area contributed by atoms with Crippen LogP contribution in [0.2, 0.25) is 0 Å². The van der Waals surface area contributed by atoms with Gasteiger partial charge in [0.25, 0.3) is 0 Å². The van der Waals surface area contributed by atoms with Gasteiger partial charge in [0.05, 0.1) is 0 Å². The third-order valence-electron chi connectivity index (χ3n) is 4.76. The molecule has 0 unspecified atom stereocenters. The van der Waals surface area contributed by atoms with Crippen LogP contribution in [-0.2, 0) is 4.79 Å². The van der Waals surface area contributed by atoms with Crippen LogP contribution in [0.15, 0.2) is 52.4 Å². The second kappa shape index (κ2) is 6.90. The number of benzene rings is 1. The summed E-state index contributed by atoms with van der Waals surface area (Å²) in [6, 6.07) is 5.29. The molecule has 26 heavy (non-hydrogen) atoms. The fourth-order valence-corrected chi connectivity index (χ4v) is 3.09. The van der Waals surface area contributed by atoms with E-state index in [-0.39, 0.29) is 11.5 Å². The lowest BCUT2D eigenvalue weighted by molar-refractivity contribution is -0.129. The molecule has 0 radical (unpaired) electrons. The van der Waals surface area contributed by atoms with E-state index in [9.17, 15) is 14.3 Å². The number of aryl methyl sites for hydroxylation is 1. The van der Waals surface area contributed by atoms with Crippen molar-refractivity contribution in [3.05, 3.63) is 64.4 Å². The quantitative estimate of drug-likeness (QED) is 0.864. The molecule has 1 N–H and O–H groups in total. The van der Waals surface area contributed by atoms with Crippen molar-refractivity contribution in [2.45, 2.75) is 33.6 Å². The van der Waals surface area contributed by atoms with Gasteiger partial charge in [0.1, 0.15) is 11.6 Å². The Hall–Kier alpha value is -2.69. The van der Waals surface area contributed by atoms with E-state index < -0.39 is 5.97 Å². The lowest BCUT2D eigenvalue weighted by Crippen LogP contribution is -2.26. The number of carboxylic acid groups (broad SMARTS) is 1. The van der Waals surface area contributed by atoms with Crippen molar-refractivity contribution in [2.75, 3.05) is 7.05 Å². The first-order chi connectivity index (χ1) is 12.3. The molecule has 1 aromatic carbocycles. The number of carboxylic acids is 1. The summed E-state index contributed by atoms with van der Waals surface area (Å²) in [5.41, 5.74) is 3.71.